The molecule has 0 amide bonds. The zero-order valence-corrected chi connectivity index (χ0v) is 8.66. The molecule has 0 atom stereocenters. The third-order valence-electron chi connectivity index (χ3n) is 2.41. The van der Waals surface area contributed by atoms with Gasteiger partial charge in [-0.15, -0.1) is 0 Å². The Kier molecular flexibility index (Phi) is 2.84. The van der Waals surface area contributed by atoms with Crippen molar-refractivity contribution in [2.75, 3.05) is 12.4 Å². The summed E-state index contributed by atoms with van der Waals surface area (Å²) in [5, 5.41) is 3.73. The zero-order valence-electron chi connectivity index (χ0n) is 7.90. The van der Waals surface area contributed by atoms with Gasteiger partial charge < -0.3 is 10.1 Å². The summed E-state index contributed by atoms with van der Waals surface area (Å²) >= 11 is 5.73. The van der Waals surface area contributed by atoms with Crippen molar-refractivity contribution in [3.8, 4) is 0 Å². The molecule has 0 unspecified atom stereocenters. The van der Waals surface area contributed by atoms with E-state index in [0.717, 1.165) is 18.7 Å². The highest BCUT2D eigenvalue weighted by Gasteiger charge is 2.28. The Balaban J connectivity index is 1.87. The molecular weight excluding hydrogens is 202 g/mol. The molecule has 2 rings (SSSR count). The van der Waals surface area contributed by atoms with E-state index >= 15 is 0 Å². The molecule has 0 spiro atoms. The second kappa shape index (κ2) is 4.11. The van der Waals surface area contributed by atoms with Crippen LogP contribution in [0.5, 0.6) is 0 Å². The van der Waals surface area contributed by atoms with Crippen molar-refractivity contribution >= 4 is 17.4 Å². The Hall–Kier alpha value is -0.870. The summed E-state index contributed by atoms with van der Waals surface area (Å²) in [4.78, 5) is 7.88. The molecule has 1 N–H and O–H groups in total. The van der Waals surface area contributed by atoms with Crippen molar-refractivity contribution in [3.05, 3.63) is 17.5 Å². The largest absolute Gasteiger partial charge is 0.381 e. The van der Waals surface area contributed by atoms with Gasteiger partial charge in [-0.2, -0.15) is 0 Å². The molecule has 0 aromatic carbocycles. The van der Waals surface area contributed by atoms with Gasteiger partial charge in [-0.25, -0.2) is 9.97 Å². The molecule has 1 fully saturated rings. The third-order valence-corrected chi connectivity index (χ3v) is 2.62. The van der Waals surface area contributed by atoms with Crippen molar-refractivity contribution in [3.63, 3.8) is 0 Å². The highest BCUT2D eigenvalue weighted by molar-refractivity contribution is 6.29. The van der Waals surface area contributed by atoms with Crippen LogP contribution in [0.1, 0.15) is 12.8 Å². The summed E-state index contributed by atoms with van der Waals surface area (Å²) in [6, 6.07) is 2.17. The standard InChI is InChI=1S/C9H12ClN3O/c1-14-7-2-6(3-7)13-9-4-8(10)11-5-12-9/h4-7H,2-3H2,1H3,(H,11,12,13). The van der Waals surface area contributed by atoms with Gasteiger partial charge >= 0.3 is 0 Å². The average Bonchev–Trinajstić information content (AvgIpc) is 2.10. The Bertz CT molecular complexity index is 315. The molecule has 0 saturated heterocycles. The number of ether oxygens (including phenoxy) is 1. The van der Waals surface area contributed by atoms with Crippen LogP contribution in [-0.4, -0.2) is 29.2 Å². The van der Waals surface area contributed by atoms with E-state index in [2.05, 4.69) is 15.3 Å². The molecule has 14 heavy (non-hydrogen) atoms. The molecule has 0 radical (unpaired) electrons. The lowest BCUT2D eigenvalue weighted by molar-refractivity contribution is 0.0328. The minimum absolute atomic E-state index is 0.393. The van der Waals surface area contributed by atoms with Gasteiger partial charge in [0.2, 0.25) is 0 Å². The fourth-order valence-electron chi connectivity index (χ4n) is 1.50. The van der Waals surface area contributed by atoms with E-state index in [4.69, 9.17) is 16.3 Å². The normalized spacial score (nSPS) is 25.6. The first kappa shape index (κ1) is 9.68. The van der Waals surface area contributed by atoms with Crippen molar-refractivity contribution in [1.29, 1.82) is 0 Å². The van der Waals surface area contributed by atoms with Crippen LogP contribution in [0.3, 0.4) is 0 Å². The number of nitrogens with one attached hydrogen (secondary N) is 1. The number of anilines is 1. The fourth-order valence-corrected chi connectivity index (χ4v) is 1.64. The minimum atomic E-state index is 0.393. The summed E-state index contributed by atoms with van der Waals surface area (Å²) in [5.41, 5.74) is 0. The summed E-state index contributed by atoms with van der Waals surface area (Å²) in [5.74, 6) is 0.782. The molecule has 76 valence electrons. The van der Waals surface area contributed by atoms with E-state index in [-0.39, 0.29) is 0 Å². The average molecular weight is 214 g/mol. The number of aromatic nitrogens is 2. The zero-order chi connectivity index (χ0) is 9.97. The summed E-state index contributed by atoms with van der Waals surface area (Å²) < 4.78 is 5.18. The topological polar surface area (TPSA) is 47.0 Å². The van der Waals surface area contributed by atoms with E-state index in [1.54, 1.807) is 13.2 Å². The molecule has 1 aromatic heterocycles. The number of methoxy groups -OCH3 is 1. The Morgan fingerprint density at radius 3 is 2.93 bits per heavy atom. The number of nitrogens with zero attached hydrogens (tertiary/aromatic N) is 2. The van der Waals surface area contributed by atoms with Crippen LogP contribution in [-0.2, 0) is 4.74 Å². The molecule has 4 nitrogen and oxygen atoms in total. The van der Waals surface area contributed by atoms with E-state index < -0.39 is 0 Å². The predicted molar refractivity (Wildman–Crippen MR) is 54.5 cm³/mol. The number of hydrogen-bond donors (Lipinski definition) is 1. The lowest BCUT2D eigenvalue weighted by Gasteiger charge is -2.34. The van der Waals surface area contributed by atoms with Crippen molar-refractivity contribution < 1.29 is 4.74 Å². The van der Waals surface area contributed by atoms with Gasteiger partial charge in [0, 0.05) is 19.2 Å². The summed E-state index contributed by atoms with van der Waals surface area (Å²) in [7, 11) is 1.74. The van der Waals surface area contributed by atoms with Crippen LogP contribution in [0.25, 0.3) is 0 Å². The van der Waals surface area contributed by atoms with Crippen LogP contribution in [0, 0.1) is 0 Å². The Labute approximate surface area is 87.7 Å². The summed E-state index contributed by atoms with van der Waals surface area (Å²) in [6.45, 7) is 0. The highest BCUT2D eigenvalue weighted by Crippen LogP contribution is 2.25. The Morgan fingerprint density at radius 1 is 1.50 bits per heavy atom. The SMILES string of the molecule is COC1CC(Nc2cc(Cl)ncn2)C1. The van der Waals surface area contributed by atoms with Gasteiger partial charge in [-0.3, -0.25) is 0 Å². The number of rotatable bonds is 3. The van der Waals surface area contributed by atoms with Gasteiger partial charge in [-0.1, -0.05) is 11.6 Å². The Morgan fingerprint density at radius 2 is 2.29 bits per heavy atom. The van der Waals surface area contributed by atoms with Gasteiger partial charge in [0.05, 0.1) is 6.10 Å². The minimum Gasteiger partial charge on any atom is -0.381 e. The fraction of sp³-hybridized carbons (Fsp3) is 0.556. The van der Waals surface area contributed by atoms with Gasteiger partial charge in [0.25, 0.3) is 0 Å². The quantitative estimate of drug-likeness (QED) is 0.777. The van der Waals surface area contributed by atoms with Crippen LogP contribution >= 0.6 is 11.6 Å². The van der Waals surface area contributed by atoms with Crippen molar-refractivity contribution in [1.82, 2.24) is 9.97 Å². The number of halogens is 1. The van der Waals surface area contributed by atoms with Crippen molar-refractivity contribution in [2.45, 2.75) is 25.0 Å². The molecule has 1 aliphatic rings. The van der Waals surface area contributed by atoms with E-state index in [0.29, 0.717) is 17.3 Å². The van der Waals surface area contributed by atoms with Gasteiger partial charge in [0.1, 0.15) is 17.3 Å². The predicted octanol–water partition coefficient (Wildman–Crippen LogP) is 1.72. The lowest BCUT2D eigenvalue weighted by Crippen LogP contribution is -2.40. The van der Waals surface area contributed by atoms with Gasteiger partial charge in [-0.05, 0) is 12.8 Å². The van der Waals surface area contributed by atoms with E-state index in [9.17, 15) is 0 Å². The molecule has 0 bridgehead atoms. The number of hydrogen-bond acceptors (Lipinski definition) is 4. The molecule has 1 aromatic rings. The monoisotopic (exact) mass is 213 g/mol. The summed E-state index contributed by atoms with van der Waals surface area (Å²) in [6.07, 6.45) is 3.90. The maximum absolute atomic E-state index is 5.73. The molecular formula is C9H12ClN3O. The van der Waals surface area contributed by atoms with Gasteiger partial charge in [0.15, 0.2) is 0 Å². The van der Waals surface area contributed by atoms with E-state index in [1.807, 2.05) is 0 Å². The van der Waals surface area contributed by atoms with Crippen LogP contribution < -0.4 is 5.32 Å². The first-order chi connectivity index (χ1) is 6.78. The smallest absolute Gasteiger partial charge is 0.134 e. The lowest BCUT2D eigenvalue weighted by atomic mass is 9.89. The van der Waals surface area contributed by atoms with Crippen LogP contribution in [0.2, 0.25) is 5.15 Å². The molecule has 0 aliphatic heterocycles. The maximum Gasteiger partial charge on any atom is 0.134 e. The maximum atomic E-state index is 5.73. The molecule has 1 heterocycles. The highest BCUT2D eigenvalue weighted by atomic mass is 35.5. The second-order valence-electron chi connectivity index (χ2n) is 3.40. The first-order valence-corrected chi connectivity index (χ1v) is 4.92. The molecule has 1 saturated carbocycles. The first-order valence-electron chi connectivity index (χ1n) is 4.55. The van der Waals surface area contributed by atoms with E-state index in [1.165, 1.54) is 6.33 Å². The second-order valence-corrected chi connectivity index (χ2v) is 3.78. The van der Waals surface area contributed by atoms with Crippen LogP contribution in [0.4, 0.5) is 5.82 Å². The molecule has 1 aliphatic carbocycles. The molecule has 5 heteroatoms. The third kappa shape index (κ3) is 2.13. The van der Waals surface area contributed by atoms with Crippen LogP contribution in [0.15, 0.2) is 12.4 Å². The van der Waals surface area contributed by atoms with Crippen molar-refractivity contribution in [2.24, 2.45) is 0 Å².